The number of hydrogen-bond acceptors (Lipinski definition) is 5. The molecule has 2 amide bonds. The molecule has 9 heteroatoms. The summed E-state index contributed by atoms with van der Waals surface area (Å²) < 4.78 is 5.83. The normalized spacial score (nSPS) is 10.6. The Labute approximate surface area is 182 Å². The average molecular weight is 448 g/mol. The summed E-state index contributed by atoms with van der Waals surface area (Å²) in [6.07, 6.45) is 0. The van der Waals surface area contributed by atoms with Gasteiger partial charge < -0.3 is 15.4 Å². The Kier molecular flexibility index (Phi) is 7.16. The molecule has 3 rings (SSSR count). The molecule has 6 nitrogen and oxygen atoms in total. The molecule has 0 saturated carbocycles. The first-order chi connectivity index (χ1) is 14.0. The van der Waals surface area contributed by atoms with Gasteiger partial charge in [0.25, 0.3) is 11.8 Å². The van der Waals surface area contributed by atoms with Gasteiger partial charge in [-0.3, -0.25) is 14.9 Å². The first-order valence-corrected chi connectivity index (χ1v) is 10.3. The zero-order valence-electron chi connectivity index (χ0n) is 15.5. The molecule has 0 fully saturated rings. The fourth-order valence-electron chi connectivity index (χ4n) is 2.56. The van der Waals surface area contributed by atoms with Crippen LogP contribution in [0.3, 0.4) is 0 Å². The second kappa shape index (κ2) is 9.80. The number of thiocarbonyl (C=S) groups is 1. The third-order valence-corrected chi connectivity index (χ3v) is 5.84. The lowest BCUT2D eigenvalue weighted by atomic mass is 10.2. The molecule has 3 aromatic rings. The van der Waals surface area contributed by atoms with Crippen LogP contribution in [0.2, 0.25) is 5.02 Å². The quantitative estimate of drug-likeness (QED) is 0.392. The number of anilines is 1. The Bertz CT molecular complexity index is 1050. The van der Waals surface area contributed by atoms with Crippen LogP contribution in [0.1, 0.15) is 20.0 Å². The molecular formula is C20H18ClN3O3S2. The molecule has 0 spiro atoms. The molecule has 3 N–H and O–H groups in total. The molecule has 1 heterocycles. The van der Waals surface area contributed by atoms with Crippen molar-refractivity contribution in [3.05, 3.63) is 64.0 Å². The van der Waals surface area contributed by atoms with E-state index in [2.05, 4.69) is 16.0 Å². The van der Waals surface area contributed by atoms with Crippen LogP contribution in [0.4, 0.5) is 5.69 Å². The van der Waals surface area contributed by atoms with E-state index in [4.69, 9.17) is 28.6 Å². The lowest BCUT2D eigenvalue weighted by molar-refractivity contribution is 0.0936. The minimum atomic E-state index is -0.372. The molecule has 0 aliphatic carbocycles. The molecule has 0 atom stereocenters. The molecule has 0 aliphatic rings. The van der Waals surface area contributed by atoms with Crippen molar-refractivity contribution >= 4 is 67.9 Å². The first kappa shape index (κ1) is 21.2. The number of rotatable bonds is 6. The van der Waals surface area contributed by atoms with Crippen LogP contribution in [0, 0.1) is 0 Å². The molecule has 0 aliphatic heterocycles. The molecular weight excluding hydrogens is 430 g/mol. The van der Waals surface area contributed by atoms with Gasteiger partial charge in [-0.15, -0.1) is 11.3 Å². The van der Waals surface area contributed by atoms with Crippen molar-refractivity contribution in [2.75, 3.05) is 25.6 Å². The van der Waals surface area contributed by atoms with Crippen molar-refractivity contribution < 1.29 is 14.3 Å². The van der Waals surface area contributed by atoms with Gasteiger partial charge in [0, 0.05) is 35.0 Å². The highest BCUT2D eigenvalue weighted by Gasteiger charge is 2.17. The van der Waals surface area contributed by atoms with Crippen LogP contribution in [-0.2, 0) is 4.74 Å². The number of benzene rings is 2. The van der Waals surface area contributed by atoms with Crippen LogP contribution in [0.25, 0.3) is 10.1 Å². The second-order valence-electron chi connectivity index (χ2n) is 5.98. The monoisotopic (exact) mass is 447 g/mol. The summed E-state index contributed by atoms with van der Waals surface area (Å²) in [5.74, 6) is -0.563. The fourth-order valence-corrected chi connectivity index (χ4v) is 4.18. The van der Waals surface area contributed by atoms with Crippen molar-refractivity contribution in [2.45, 2.75) is 0 Å². The number of amides is 2. The zero-order valence-corrected chi connectivity index (χ0v) is 17.8. The highest BCUT2D eigenvalue weighted by molar-refractivity contribution is 7.80. The van der Waals surface area contributed by atoms with Gasteiger partial charge in [-0.2, -0.15) is 0 Å². The average Bonchev–Trinajstić information content (AvgIpc) is 3.05. The lowest BCUT2D eigenvalue weighted by Gasteiger charge is -2.10. The number of ether oxygens (including phenoxy) is 1. The molecule has 1 aromatic heterocycles. The third kappa shape index (κ3) is 5.30. The summed E-state index contributed by atoms with van der Waals surface area (Å²) in [6, 6.07) is 14.3. The third-order valence-electron chi connectivity index (χ3n) is 3.96. The smallest absolute Gasteiger partial charge is 0.269 e. The maximum absolute atomic E-state index is 12.5. The molecule has 0 unspecified atom stereocenters. The lowest BCUT2D eigenvalue weighted by Crippen LogP contribution is -2.33. The summed E-state index contributed by atoms with van der Waals surface area (Å²) in [4.78, 5) is 24.9. The van der Waals surface area contributed by atoms with Gasteiger partial charge in [0.15, 0.2) is 5.11 Å². The summed E-state index contributed by atoms with van der Waals surface area (Å²) in [5, 5.41) is 9.69. The second-order valence-corrected chi connectivity index (χ2v) is 7.81. The van der Waals surface area contributed by atoms with E-state index in [0.29, 0.717) is 34.3 Å². The highest BCUT2D eigenvalue weighted by atomic mass is 35.5. The van der Waals surface area contributed by atoms with E-state index in [0.717, 1.165) is 10.1 Å². The number of fused-ring (bicyclic) bond motifs is 1. The van der Waals surface area contributed by atoms with E-state index < -0.39 is 0 Å². The molecule has 2 aromatic carbocycles. The highest BCUT2D eigenvalue weighted by Crippen LogP contribution is 2.34. The largest absolute Gasteiger partial charge is 0.383 e. The van der Waals surface area contributed by atoms with Crippen LogP contribution in [0.5, 0.6) is 0 Å². The topological polar surface area (TPSA) is 79.5 Å². The predicted octanol–water partition coefficient (Wildman–Crippen LogP) is 4.06. The number of halogens is 1. The van der Waals surface area contributed by atoms with E-state index in [-0.39, 0.29) is 16.9 Å². The minimum absolute atomic E-state index is 0.140. The Morgan fingerprint density at radius 3 is 2.52 bits per heavy atom. The number of thiophene rings is 1. The van der Waals surface area contributed by atoms with Gasteiger partial charge in [-0.05, 0) is 42.5 Å². The number of methoxy groups -OCH3 is 1. The standard InChI is InChI=1S/C20H18ClN3O3S2/c1-27-11-10-22-18(25)12-6-8-13(9-7-12)23-20(28)24-19(26)17-16(21)14-4-2-3-5-15(14)29-17/h2-9H,10-11H2,1H3,(H,22,25)(H2,23,24,26,28). The van der Waals surface area contributed by atoms with Gasteiger partial charge >= 0.3 is 0 Å². The first-order valence-electron chi connectivity index (χ1n) is 8.66. The van der Waals surface area contributed by atoms with Crippen LogP contribution in [-0.4, -0.2) is 37.2 Å². The SMILES string of the molecule is COCCNC(=O)c1ccc(NC(=S)NC(=O)c2sc3ccccc3c2Cl)cc1. The molecule has 29 heavy (non-hydrogen) atoms. The molecule has 150 valence electrons. The van der Waals surface area contributed by atoms with Crippen molar-refractivity contribution in [3.8, 4) is 0 Å². The Hall–Kier alpha value is -2.52. The van der Waals surface area contributed by atoms with E-state index in [9.17, 15) is 9.59 Å². The fraction of sp³-hybridized carbons (Fsp3) is 0.150. The van der Waals surface area contributed by atoms with E-state index >= 15 is 0 Å². The Morgan fingerprint density at radius 1 is 1.10 bits per heavy atom. The maximum atomic E-state index is 12.5. The summed E-state index contributed by atoms with van der Waals surface area (Å²) in [6.45, 7) is 0.884. The van der Waals surface area contributed by atoms with Crippen LogP contribution >= 0.6 is 35.2 Å². The Balaban J connectivity index is 1.59. The van der Waals surface area contributed by atoms with Crippen LogP contribution < -0.4 is 16.0 Å². The van der Waals surface area contributed by atoms with Crippen molar-refractivity contribution in [1.82, 2.24) is 10.6 Å². The number of carbonyl (C=O) groups excluding carboxylic acids is 2. The molecule has 0 saturated heterocycles. The summed E-state index contributed by atoms with van der Waals surface area (Å²) in [5.41, 5.74) is 1.16. The van der Waals surface area contributed by atoms with Crippen LogP contribution in [0.15, 0.2) is 48.5 Å². The summed E-state index contributed by atoms with van der Waals surface area (Å²) in [7, 11) is 1.57. The van der Waals surface area contributed by atoms with E-state index in [1.165, 1.54) is 11.3 Å². The van der Waals surface area contributed by atoms with Gasteiger partial charge in [-0.1, -0.05) is 29.8 Å². The van der Waals surface area contributed by atoms with Gasteiger partial charge in [-0.25, -0.2) is 0 Å². The van der Waals surface area contributed by atoms with Crippen molar-refractivity contribution in [3.63, 3.8) is 0 Å². The van der Waals surface area contributed by atoms with E-state index in [1.807, 2.05) is 24.3 Å². The van der Waals surface area contributed by atoms with Crippen molar-refractivity contribution in [1.29, 1.82) is 0 Å². The molecule has 0 bridgehead atoms. The Morgan fingerprint density at radius 2 is 1.83 bits per heavy atom. The molecule has 0 radical (unpaired) electrons. The van der Waals surface area contributed by atoms with Gasteiger partial charge in [0.05, 0.1) is 11.6 Å². The van der Waals surface area contributed by atoms with Gasteiger partial charge in [0.2, 0.25) is 0 Å². The number of hydrogen-bond donors (Lipinski definition) is 3. The minimum Gasteiger partial charge on any atom is -0.383 e. The number of carbonyl (C=O) groups is 2. The van der Waals surface area contributed by atoms with E-state index in [1.54, 1.807) is 31.4 Å². The predicted molar refractivity (Wildman–Crippen MR) is 121 cm³/mol. The number of nitrogens with one attached hydrogen (secondary N) is 3. The van der Waals surface area contributed by atoms with Gasteiger partial charge in [0.1, 0.15) is 4.88 Å². The zero-order chi connectivity index (χ0) is 20.8. The maximum Gasteiger partial charge on any atom is 0.269 e. The van der Waals surface area contributed by atoms with Crippen molar-refractivity contribution in [2.24, 2.45) is 0 Å². The summed E-state index contributed by atoms with van der Waals surface area (Å²) >= 11 is 12.9.